The van der Waals surface area contributed by atoms with Gasteiger partial charge in [0.05, 0.1) is 12.7 Å². The van der Waals surface area contributed by atoms with E-state index < -0.39 is 5.97 Å². The highest BCUT2D eigenvalue weighted by molar-refractivity contribution is 5.95. The zero-order valence-electron chi connectivity index (χ0n) is 10.6. The molecule has 4 nitrogen and oxygen atoms in total. The van der Waals surface area contributed by atoms with Gasteiger partial charge < -0.3 is 15.2 Å². The van der Waals surface area contributed by atoms with Crippen molar-refractivity contribution in [2.45, 2.75) is 0 Å². The molecular formula is C14H13ClFNO3. The Morgan fingerprint density at radius 1 is 1.10 bits per heavy atom. The van der Waals surface area contributed by atoms with Gasteiger partial charge in [-0.2, -0.15) is 0 Å². The molecule has 2 N–H and O–H groups in total. The summed E-state index contributed by atoms with van der Waals surface area (Å²) in [6.07, 6.45) is 0. The Kier molecular flexibility index (Phi) is 5.34. The van der Waals surface area contributed by atoms with Crippen LogP contribution in [-0.4, -0.2) is 13.1 Å². The number of nitrogen functional groups attached to an aromatic ring is 1. The molecule has 2 aromatic rings. The summed E-state index contributed by atoms with van der Waals surface area (Å²) in [7, 11) is 1.27. The Labute approximate surface area is 121 Å². The number of anilines is 1. The lowest BCUT2D eigenvalue weighted by molar-refractivity contribution is 0.0601. The van der Waals surface area contributed by atoms with Crippen molar-refractivity contribution in [1.82, 2.24) is 0 Å². The van der Waals surface area contributed by atoms with Crippen LogP contribution in [0.25, 0.3) is 0 Å². The first-order chi connectivity index (χ1) is 9.10. The van der Waals surface area contributed by atoms with E-state index in [1.807, 2.05) is 0 Å². The van der Waals surface area contributed by atoms with Crippen LogP contribution < -0.4 is 10.5 Å². The van der Waals surface area contributed by atoms with Crippen molar-refractivity contribution in [2.75, 3.05) is 12.8 Å². The summed E-state index contributed by atoms with van der Waals surface area (Å²) in [6, 6.07) is 10.2. The van der Waals surface area contributed by atoms with Gasteiger partial charge in [0.25, 0.3) is 0 Å². The molecule has 0 aliphatic rings. The van der Waals surface area contributed by atoms with Gasteiger partial charge in [0.15, 0.2) is 0 Å². The molecule has 0 bridgehead atoms. The molecule has 0 heterocycles. The first kappa shape index (κ1) is 15.8. The van der Waals surface area contributed by atoms with Gasteiger partial charge >= 0.3 is 5.97 Å². The highest BCUT2D eigenvalue weighted by atomic mass is 35.5. The number of carbonyl (C=O) groups is 1. The van der Waals surface area contributed by atoms with E-state index in [0.717, 1.165) is 0 Å². The van der Waals surface area contributed by atoms with Crippen molar-refractivity contribution >= 4 is 24.1 Å². The van der Waals surface area contributed by atoms with Gasteiger partial charge in [0.1, 0.15) is 17.3 Å². The van der Waals surface area contributed by atoms with E-state index in [1.54, 1.807) is 12.1 Å². The first-order valence-corrected chi connectivity index (χ1v) is 5.51. The molecule has 0 aliphatic carbocycles. The predicted molar refractivity (Wildman–Crippen MR) is 75.9 cm³/mol. The van der Waals surface area contributed by atoms with Gasteiger partial charge in [-0.1, -0.05) is 0 Å². The molecule has 6 heteroatoms. The standard InChI is InChI=1S/C14H12FNO3.ClH/c1-18-14(17)12-8-11(6-7-13(12)16)19-10-4-2-9(15)3-5-10;/h2-8H,16H2,1H3;1H. The lowest BCUT2D eigenvalue weighted by Gasteiger charge is -2.08. The number of methoxy groups -OCH3 is 1. The average Bonchev–Trinajstić information content (AvgIpc) is 2.42. The molecular weight excluding hydrogens is 285 g/mol. The Morgan fingerprint density at radius 2 is 1.70 bits per heavy atom. The van der Waals surface area contributed by atoms with Crippen molar-refractivity contribution in [3.05, 3.63) is 53.8 Å². The average molecular weight is 298 g/mol. The maximum atomic E-state index is 12.8. The molecule has 0 saturated carbocycles. The van der Waals surface area contributed by atoms with Crippen molar-refractivity contribution in [3.8, 4) is 11.5 Å². The molecule has 0 aromatic heterocycles. The third-order valence-corrected chi connectivity index (χ3v) is 2.48. The second kappa shape index (κ2) is 6.77. The Hall–Kier alpha value is -2.27. The van der Waals surface area contributed by atoms with Crippen LogP contribution in [-0.2, 0) is 4.74 Å². The SMILES string of the molecule is COC(=O)c1cc(Oc2ccc(F)cc2)ccc1N.Cl. The highest BCUT2D eigenvalue weighted by Gasteiger charge is 2.11. The number of hydrogen-bond acceptors (Lipinski definition) is 4. The summed E-state index contributed by atoms with van der Waals surface area (Å²) in [5.74, 6) is -0.00911. The van der Waals surface area contributed by atoms with Crippen molar-refractivity contribution < 1.29 is 18.7 Å². The lowest BCUT2D eigenvalue weighted by atomic mass is 10.1. The number of nitrogens with two attached hydrogens (primary N) is 1. The zero-order chi connectivity index (χ0) is 13.8. The maximum Gasteiger partial charge on any atom is 0.340 e. The molecule has 0 radical (unpaired) electrons. The fraction of sp³-hybridized carbons (Fsp3) is 0.0714. The molecule has 0 saturated heterocycles. The Balaban J connectivity index is 0.00000200. The van der Waals surface area contributed by atoms with Crippen LogP contribution in [0.4, 0.5) is 10.1 Å². The van der Waals surface area contributed by atoms with E-state index >= 15 is 0 Å². The normalized spacial score (nSPS) is 9.50. The van der Waals surface area contributed by atoms with Crippen LogP contribution in [0.2, 0.25) is 0 Å². The molecule has 0 spiro atoms. The highest BCUT2D eigenvalue weighted by Crippen LogP contribution is 2.25. The minimum Gasteiger partial charge on any atom is -0.465 e. The third kappa shape index (κ3) is 3.61. The molecule has 106 valence electrons. The number of hydrogen-bond donors (Lipinski definition) is 1. The van der Waals surface area contributed by atoms with Gasteiger partial charge in [-0.05, 0) is 42.5 Å². The van der Waals surface area contributed by atoms with Crippen LogP contribution in [0, 0.1) is 5.82 Å². The smallest absolute Gasteiger partial charge is 0.340 e. The van der Waals surface area contributed by atoms with Crippen LogP contribution in [0.5, 0.6) is 11.5 Å². The van der Waals surface area contributed by atoms with Gasteiger partial charge in [-0.3, -0.25) is 0 Å². The summed E-state index contributed by atoms with van der Waals surface area (Å²) in [5.41, 5.74) is 6.20. The van der Waals surface area contributed by atoms with Crippen LogP contribution in [0.1, 0.15) is 10.4 Å². The largest absolute Gasteiger partial charge is 0.465 e. The summed E-state index contributed by atoms with van der Waals surface area (Å²) in [5, 5.41) is 0. The molecule has 0 unspecified atom stereocenters. The molecule has 0 atom stereocenters. The molecule has 0 aliphatic heterocycles. The quantitative estimate of drug-likeness (QED) is 0.696. The summed E-state index contributed by atoms with van der Waals surface area (Å²) in [6.45, 7) is 0. The van der Waals surface area contributed by atoms with Gasteiger partial charge in [0, 0.05) is 5.69 Å². The van der Waals surface area contributed by atoms with Crippen LogP contribution in [0.15, 0.2) is 42.5 Å². The second-order valence-corrected chi connectivity index (χ2v) is 3.80. The second-order valence-electron chi connectivity index (χ2n) is 3.80. The number of ether oxygens (including phenoxy) is 2. The zero-order valence-corrected chi connectivity index (χ0v) is 11.4. The van der Waals surface area contributed by atoms with Gasteiger partial charge in [-0.15, -0.1) is 12.4 Å². The molecule has 0 amide bonds. The minimum absolute atomic E-state index is 0. The van der Waals surface area contributed by atoms with E-state index in [2.05, 4.69) is 4.74 Å². The number of halogens is 2. The Morgan fingerprint density at radius 3 is 2.30 bits per heavy atom. The number of rotatable bonds is 3. The van der Waals surface area contributed by atoms with Gasteiger partial charge in [0.2, 0.25) is 0 Å². The van der Waals surface area contributed by atoms with Crippen LogP contribution >= 0.6 is 12.4 Å². The number of esters is 1. The third-order valence-electron chi connectivity index (χ3n) is 2.48. The lowest BCUT2D eigenvalue weighted by Crippen LogP contribution is -2.05. The van der Waals surface area contributed by atoms with E-state index in [4.69, 9.17) is 10.5 Å². The number of carbonyl (C=O) groups excluding carboxylic acids is 1. The van der Waals surface area contributed by atoms with E-state index in [9.17, 15) is 9.18 Å². The molecule has 20 heavy (non-hydrogen) atoms. The van der Waals surface area contributed by atoms with E-state index in [1.165, 1.54) is 37.4 Å². The monoisotopic (exact) mass is 297 g/mol. The number of benzene rings is 2. The van der Waals surface area contributed by atoms with E-state index in [-0.39, 0.29) is 23.8 Å². The summed E-state index contributed by atoms with van der Waals surface area (Å²) >= 11 is 0. The predicted octanol–water partition coefficient (Wildman–Crippen LogP) is 3.41. The van der Waals surface area contributed by atoms with Crippen molar-refractivity contribution in [1.29, 1.82) is 0 Å². The van der Waals surface area contributed by atoms with Gasteiger partial charge in [-0.25, -0.2) is 9.18 Å². The molecule has 2 rings (SSSR count). The maximum absolute atomic E-state index is 12.8. The summed E-state index contributed by atoms with van der Waals surface area (Å²) in [4.78, 5) is 11.5. The fourth-order valence-corrected chi connectivity index (χ4v) is 1.52. The Bertz CT molecular complexity index is 602. The summed E-state index contributed by atoms with van der Waals surface area (Å²) < 4.78 is 22.9. The van der Waals surface area contributed by atoms with Crippen molar-refractivity contribution in [2.24, 2.45) is 0 Å². The molecule has 0 fully saturated rings. The van der Waals surface area contributed by atoms with Crippen molar-refractivity contribution in [3.63, 3.8) is 0 Å². The molecule has 2 aromatic carbocycles. The fourth-order valence-electron chi connectivity index (χ4n) is 1.52. The minimum atomic E-state index is -0.540. The topological polar surface area (TPSA) is 61.5 Å². The van der Waals surface area contributed by atoms with E-state index in [0.29, 0.717) is 17.2 Å². The van der Waals surface area contributed by atoms with Crippen LogP contribution in [0.3, 0.4) is 0 Å². The first-order valence-electron chi connectivity index (χ1n) is 5.51.